The summed E-state index contributed by atoms with van der Waals surface area (Å²) < 4.78 is 10.7. The number of rotatable bonds is 9. The molecule has 2 aliphatic rings. The first-order valence-electron chi connectivity index (χ1n) is 11.7. The Kier molecular flexibility index (Phi) is 7.47. The van der Waals surface area contributed by atoms with E-state index >= 15 is 0 Å². The van der Waals surface area contributed by atoms with Crippen molar-refractivity contribution >= 4 is 18.0 Å². The summed E-state index contributed by atoms with van der Waals surface area (Å²) >= 11 is 0. The molecule has 8 heteroatoms. The summed E-state index contributed by atoms with van der Waals surface area (Å²) in [5.41, 5.74) is 4.68. The lowest BCUT2D eigenvalue weighted by Crippen LogP contribution is -2.42. The fraction of sp³-hybridized carbons (Fsp3) is 0.423. The second-order valence-electron chi connectivity index (χ2n) is 8.92. The molecule has 8 nitrogen and oxygen atoms in total. The molecule has 1 aliphatic carbocycles. The Bertz CT molecular complexity index is 1010. The molecule has 0 saturated carbocycles. The van der Waals surface area contributed by atoms with E-state index in [0.29, 0.717) is 12.8 Å². The van der Waals surface area contributed by atoms with Crippen LogP contribution in [0.25, 0.3) is 11.1 Å². The van der Waals surface area contributed by atoms with Gasteiger partial charge in [-0.15, -0.1) is 0 Å². The molecule has 0 aromatic heterocycles. The number of hydrogen-bond acceptors (Lipinski definition) is 5. The molecule has 3 unspecified atom stereocenters. The maximum absolute atomic E-state index is 12.4. The number of fused-ring (bicyclic) bond motifs is 3. The second-order valence-corrected chi connectivity index (χ2v) is 8.92. The van der Waals surface area contributed by atoms with E-state index in [2.05, 4.69) is 34.9 Å². The van der Waals surface area contributed by atoms with Crippen LogP contribution in [-0.2, 0) is 19.1 Å². The Labute approximate surface area is 198 Å². The van der Waals surface area contributed by atoms with Gasteiger partial charge >= 0.3 is 12.1 Å². The number of alkyl carbamates (subject to hydrolysis) is 1. The van der Waals surface area contributed by atoms with Crippen molar-refractivity contribution in [3.8, 4) is 11.1 Å². The van der Waals surface area contributed by atoms with Gasteiger partial charge in [-0.2, -0.15) is 0 Å². The number of hydrogen-bond donors (Lipinski definition) is 3. The number of carboxylic acid groups (broad SMARTS) is 1. The number of carbonyl (C=O) groups is 3. The third-order valence-electron chi connectivity index (χ3n) is 6.49. The van der Waals surface area contributed by atoms with Gasteiger partial charge in [0.15, 0.2) is 0 Å². The zero-order valence-electron chi connectivity index (χ0n) is 19.2. The highest BCUT2D eigenvalue weighted by molar-refractivity contribution is 5.79. The van der Waals surface area contributed by atoms with Crippen molar-refractivity contribution in [3.05, 3.63) is 59.7 Å². The normalized spacial score (nSPS) is 19.7. The minimum atomic E-state index is -0.969. The summed E-state index contributed by atoms with van der Waals surface area (Å²) in [5.74, 6) is -1.89. The topological polar surface area (TPSA) is 114 Å². The van der Waals surface area contributed by atoms with Crippen LogP contribution in [0.4, 0.5) is 4.79 Å². The standard InChI is InChI=1S/C26H30N2O6/c1-16(7-6-12-24(29)28-23-15-33-13-22(23)25(30)31)27-26(32)34-14-21-19-10-4-2-8-17(19)18-9-3-5-11-20(18)21/h2-5,8-11,16,21-23H,6-7,12-15H2,1H3,(H,27,32)(H,28,29)(H,30,31). The van der Waals surface area contributed by atoms with Crippen molar-refractivity contribution < 1.29 is 29.0 Å². The van der Waals surface area contributed by atoms with Crippen molar-refractivity contribution in [2.75, 3.05) is 19.8 Å². The van der Waals surface area contributed by atoms with Crippen LogP contribution in [-0.4, -0.2) is 55.0 Å². The van der Waals surface area contributed by atoms with E-state index in [1.807, 2.05) is 31.2 Å². The molecule has 3 N–H and O–H groups in total. The van der Waals surface area contributed by atoms with Crippen LogP contribution < -0.4 is 10.6 Å². The lowest BCUT2D eigenvalue weighted by molar-refractivity contribution is -0.142. The lowest BCUT2D eigenvalue weighted by atomic mass is 9.98. The van der Waals surface area contributed by atoms with Crippen molar-refractivity contribution in [3.63, 3.8) is 0 Å². The van der Waals surface area contributed by atoms with Crippen molar-refractivity contribution in [1.82, 2.24) is 10.6 Å². The summed E-state index contributed by atoms with van der Waals surface area (Å²) in [7, 11) is 0. The van der Waals surface area contributed by atoms with E-state index in [9.17, 15) is 14.4 Å². The van der Waals surface area contributed by atoms with E-state index in [0.717, 1.165) is 11.1 Å². The molecule has 1 fully saturated rings. The summed E-state index contributed by atoms with van der Waals surface area (Å²) in [6, 6.07) is 15.7. The highest BCUT2D eigenvalue weighted by atomic mass is 16.5. The third-order valence-corrected chi connectivity index (χ3v) is 6.49. The molecule has 1 aliphatic heterocycles. The fourth-order valence-corrected chi connectivity index (χ4v) is 4.70. The molecule has 2 amide bonds. The van der Waals surface area contributed by atoms with Crippen molar-refractivity contribution in [2.24, 2.45) is 5.92 Å². The van der Waals surface area contributed by atoms with E-state index in [1.54, 1.807) is 0 Å². The van der Waals surface area contributed by atoms with Crippen LogP contribution >= 0.6 is 0 Å². The van der Waals surface area contributed by atoms with Gasteiger partial charge in [0.05, 0.1) is 19.3 Å². The Morgan fingerprint density at radius 1 is 1.06 bits per heavy atom. The molecule has 180 valence electrons. The monoisotopic (exact) mass is 466 g/mol. The van der Waals surface area contributed by atoms with E-state index in [1.165, 1.54) is 11.1 Å². The average molecular weight is 467 g/mol. The molecule has 0 bridgehead atoms. The third kappa shape index (κ3) is 5.39. The number of amides is 2. The molecular formula is C26H30N2O6. The molecular weight excluding hydrogens is 436 g/mol. The largest absolute Gasteiger partial charge is 0.481 e. The van der Waals surface area contributed by atoms with Crippen LogP contribution in [0.1, 0.15) is 43.2 Å². The second kappa shape index (κ2) is 10.7. The number of carboxylic acids is 1. The first kappa shape index (κ1) is 23.8. The zero-order chi connectivity index (χ0) is 24.1. The van der Waals surface area contributed by atoms with Crippen molar-refractivity contribution in [1.29, 1.82) is 0 Å². The quantitative estimate of drug-likeness (QED) is 0.523. The Morgan fingerprint density at radius 2 is 1.71 bits per heavy atom. The smallest absolute Gasteiger partial charge is 0.407 e. The van der Waals surface area contributed by atoms with Crippen molar-refractivity contribution in [2.45, 2.75) is 44.2 Å². The van der Waals surface area contributed by atoms with Crippen LogP contribution in [0.2, 0.25) is 0 Å². The van der Waals surface area contributed by atoms with Gasteiger partial charge < -0.3 is 25.2 Å². The van der Waals surface area contributed by atoms with Crippen LogP contribution in [0, 0.1) is 5.92 Å². The molecule has 1 saturated heterocycles. The van der Waals surface area contributed by atoms with Gasteiger partial charge in [-0.3, -0.25) is 9.59 Å². The first-order valence-corrected chi connectivity index (χ1v) is 11.7. The predicted octanol–water partition coefficient (Wildman–Crippen LogP) is 3.30. The number of carbonyl (C=O) groups excluding carboxylic acids is 2. The highest BCUT2D eigenvalue weighted by Crippen LogP contribution is 2.44. The van der Waals surface area contributed by atoms with Gasteiger partial charge in [0, 0.05) is 18.4 Å². The Hall–Kier alpha value is -3.39. The highest BCUT2D eigenvalue weighted by Gasteiger charge is 2.35. The molecule has 2 aromatic carbocycles. The Balaban J connectivity index is 1.19. The SMILES string of the molecule is CC(CCCC(=O)NC1COCC1C(=O)O)NC(=O)OCC1c2ccccc2-c2ccccc21. The van der Waals surface area contributed by atoms with Gasteiger partial charge in [0.25, 0.3) is 0 Å². The van der Waals surface area contributed by atoms with E-state index in [4.69, 9.17) is 14.6 Å². The van der Waals surface area contributed by atoms with Crippen LogP contribution in [0.3, 0.4) is 0 Å². The molecule has 1 heterocycles. The molecule has 4 rings (SSSR count). The number of benzene rings is 2. The van der Waals surface area contributed by atoms with E-state index < -0.39 is 24.0 Å². The average Bonchev–Trinajstić information content (AvgIpc) is 3.40. The summed E-state index contributed by atoms with van der Waals surface area (Å²) in [4.78, 5) is 35.7. The first-order chi connectivity index (χ1) is 16.4. The summed E-state index contributed by atoms with van der Waals surface area (Å²) in [6.07, 6.45) is 0.925. The van der Waals surface area contributed by atoms with Gasteiger partial charge in [-0.1, -0.05) is 48.5 Å². The lowest BCUT2D eigenvalue weighted by Gasteiger charge is -2.18. The molecule has 0 radical (unpaired) electrons. The number of ether oxygens (including phenoxy) is 2. The molecule has 34 heavy (non-hydrogen) atoms. The fourth-order valence-electron chi connectivity index (χ4n) is 4.70. The van der Waals surface area contributed by atoms with Gasteiger partial charge in [0.1, 0.15) is 12.5 Å². The van der Waals surface area contributed by atoms with Gasteiger partial charge in [-0.05, 0) is 42.0 Å². The van der Waals surface area contributed by atoms with Gasteiger partial charge in [0.2, 0.25) is 5.91 Å². The number of nitrogens with one attached hydrogen (secondary N) is 2. The predicted molar refractivity (Wildman–Crippen MR) is 125 cm³/mol. The maximum Gasteiger partial charge on any atom is 0.407 e. The van der Waals surface area contributed by atoms with Crippen LogP contribution in [0.5, 0.6) is 0 Å². The van der Waals surface area contributed by atoms with E-state index in [-0.39, 0.29) is 44.1 Å². The minimum Gasteiger partial charge on any atom is -0.481 e. The van der Waals surface area contributed by atoms with Crippen LogP contribution in [0.15, 0.2) is 48.5 Å². The summed E-state index contributed by atoms with van der Waals surface area (Å²) in [6.45, 7) is 2.44. The molecule has 0 spiro atoms. The summed E-state index contributed by atoms with van der Waals surface area (Å²) in [5, 5.41) is 14.7. The maximum atomic E-state index is 12.4. The zero-order valence-corrected chi connectivity index (χ0v) is 19.2. The molecule has 3 atom stereocenters. The van der Waals surface area contributed by atoms with Gasteiger partial charge in [-0.25, -0.2) is 4.79 Å². The minimum absolute atomic E-state index is 0.00588. The Morgan fingerprint density at radius 3 is 2.35 bits per heavy atom. The number of aliphatic carboxylic acids is 1. The molecule has 2 aromatic rings.